The van der Waals surface area contributed by atoms with E-state index >= 15 is 0 Å². The Labute approximate surface area is 164 Å². The van der Waals surface area contributed by atoms with Gasteiger partial charge in [-0.2, -0.15) is 0 Å². The predicted octanol–water partition coefficient (Wildman–Crippen LogP) is 3.87. The zero-order chi connectivity index (χ0) is 20.8. The second kappa shape index (κ2) is 9.41. The first-order chi connectivity index (χ1) is 13.3. The molecule has 0 aliphatic rings. The van der Waals surface area contributed by atoms with Crippen LogP contribution in [0.15, 0.2) is 18.2 Å². The molecule has 150 valence electrons. The van der Waals surface area contributed by atoms with Crippen LogP contribution in [0.5, 0.6) is 0 Å². The Morgan fingerprint density at radius 3 is 2.21 bits per heavy atom. The number of aryl methyl sites for hydroxylation is 1. The number of hydrogen-bond donors (Lipinski definition) is 1. The van der Waals surface area contributed by atoms with Crippen LogP contribution in [0.4, 0.5) is 13.8 Å². The molecule has 9 heteroatoms. The summed E-state index contributed by atoms with van der Waals surface area (Å²) < 4.78 is 36.9. The number of benzene rings is 1. The summed E-state index contributed by atoms with van der Waals surface area (Å²) in [5.41, 5.74) is 0.138. The Hall–Kier alpha value is -2.81. The molecular formula is C19H19F2NO5S. The molecule has 0 atom stereocenters. The van der Waals surface area contributed by atoms with E-state index in [2.05, 4.69) is 5.32 Å². The largest absolute Gasteiger partial charge is 0.462 e. The second-order valence-electron chi connectivity index (χ2n) is 5.64. The van der Waals surface area contributed by atoms with Crippen molar-refractivity contribution in [3.05, 3.63) is 51.4 Å². The zero-order valence-electron chi connectivity index (χ0n) is 15.6. The molecule has 0 radical (unpaired) electrons. The standard InChI is InChI=1S/C19H19F2NO5S/c1-4-11-10(3)28-17(15(11)18(24)26-5-2)22-14(23)9-27-19(25)16-12(20)7-6-8-13(16)21/h6-8H,4-5,9H2,1-3H3,(H,22,23). The SMILES string of the molecule is CCOC(=O)c1c(NC(=O)COC(=O)c2c(F)cccc2F)sc(C)c1CC. The quantitative estimate of drug-likeness (QED) is 0.700. The van der Waals surface area contributed by atoms with Crippen LogP contribution in [-0.4, -0.2) is 31.1 Å². The van der Waals surface area contributed by atoms with Crippen LogP contribution in [0.2, 0.25) is 0 Å². The fourth-order valence-electron chi connectivity index (χ4n) is 2.57. The molecule has 0 saturated heterocycles. The number of esters is 2. The topological polar surface area (TPSA) is 81.7 Å². The first-order valence-corrected chi connectivity index (χ1v) is 9.32. The highest BCUT2D eigenvalue weighted by Gasteiger charge is 2.24. The number of halogens is 2. The van der Waals surface area contributed by atoms with Crippen molar-refractivity contribution in [2.24, 2.45) is 0 Å². The van der Waals surface area contributed by atoms with Crippen molar-refractivity contribution in [1.29, 1.82) is 0 Å². The van der Waals surface area contributed by atoms with E-state index in [1.165, 1.54) is 11.3 Å². The number of nitrogens with one attached hydrogen (secondary N) is 1. The zero-order valence-corrected chi connectivity index (χ0v) is 16.4. The molecule has 0 aliphatic carbocycles. The molecule has 0 fully saturated rings. The third-order valence-corrected chi connectivity index (χ3v) is 4.86. The number of rotatable bonds is 7. The van der Waals surface area contributed by atoms with E-state index in [0.29, 0.717) is 6.42 Å². The van der Waals surface area contributed by atoms with Crippen molar-refractivity contribution in [2.75, 3.05) is 18.5 Å². The number of hydrogen-bond acceptors (Lipinski definition) is 6. The van der Waals surface area contributed by atoms with Gasteiger partial charge in [0.25, 0.3) is 5.91 Å². The number of ether oxygens (including phenoxy) is 2. The van der Waals surface area contributed by atoms with Gasteiger partial charge >= 0.3 is 11.9 Å². The van der Waals surface area contributed by atoms with Crippen molar-refractivity contribution >= 4 is 34.2 Å². The summed E-state index contributed by atoms with van der Waals surface area (Å²) in [4.78, 5) is 37.1. The average molecular weight is 411 g/mol. The third-order valence-electron chi connectivity index (χ3n) is 3.80. The minimum Gasteiger partial charge on any atom is -0.462 e. The number of carbonyl (C=O) groups is 3. The highest BCUT2D eigenvalue weighted by atomic mass is 32.1. The highest BCUT2D eigenvalue weighted by molar-refractivity contribution is 7.16. The van der Waals surface area contributed by atoms with Crippen LogP contribution in [0, 0.1) is 18.6 Å². The number of thiophene rings is 1. The van der Waals surface area contributed by atoms with Crippen molar-refractivity contribution < 1.29 is 32.6 Å². The molecule has 28 heavy (non-hydrogen) atoms. The third kappa shape index (κ3) is 4.72. The molecular weight excluding hydrogens is 392 g/mol. The summed E-state index contributed by atoms with van der Waals surface area (Å²) in [6, 6.07) is 2.92. The van der Waals surface area contributed by atoms with Crippen molar-refractivity contribution in [3.63, 3.8) is 0 Å². The summed E-state index contributed by atoms with van der Waals surface area (Å²) >= 11 is 1.19. The second-order valence-corrected chi connectivity index (χ2v) is 6.86. The maximum Gasteiger partial charge on any atom is 0.344 e. The molecule has 6 nitrogen and oxygen atoms in total. The summed E-state index contributed by atoms with van der Waals surface area (Å²) in [5.74, 6) is -4.79. The Kier molecular flexibility index (Phi) is 7.22. The molecule has 1 aromatic carbocycles. The molecule has 0 saturated carbocycles. The van der Waals surface area contributed by atoms with Crippen LogP contribution < -0.4 is 5.32 Å². The molecule has 1 heterocycles. The smallest absolute Gasteiger partial charge is 0.344 e. The summed E-state index contributed by atoms with van der Waals surface area (Å²) in [5, 5.41) is 2.76. The van der Waals surface area contributed by atoms with Gasteiger partial charge < -0.3 is 14.8 Å². The van der Waals surface area contributed by atoms with Crippen LogP contribution in [0.25, 0.3) is 0 Å². The number of carbonyl (C=O) groups excluding carboxylic acids is 3. The fraction of sp³-hybridized carbons (Fsp3) is 0.316. The van der Waals surface area contributed by atoms with Gasteiger partial charge in [-0.05, 0) is 38.0 Å². The number of anilines is 1. The average Bonchev–Trinajstić information content (AvgIpc) is 2.95. The van der Waals surface area contributed by atoms with Gasteiger partial charge in [0.05, 0.1) is 12.2 Å². The van der Waals surface area contributed by atoms with E-state index in [9.17, 15) is 23.2 Å². The molecule has 2 aromatic rings. The van der Waals surface area contributed by atoms with Crippen LogP contribution >= 0.6 is 11.3 Å². The molecule has 0 spiro atoms. The lowest BCUT2D eigenvalue weighted by Gasteiger charge is -2.09. The lowest BCUT2D eigenvalue weighted by Crippen LogP contribution is -2.22. The lowest BCUT2D eigenvalue weighted by atomic mass is 10.1. The van der Waals surface area contributed by atoms with E-state index in [4.69, 9.17) is 9.47 Å². The first-order valence-electron chi connectivity index (χ1n) is 8.50. The normalized spacial score (nSPS) is 10.5. The minimum absolute atomic E-state index is 0.177. The Balaban J connectivity index is 2.11. The van der Waals surface area contributed by atoms with Gasteiger partial charge in [-0.25, -0.2) is 18.4 Å². The Morgan fingerprint density at radius 1 is 1.04 bits per heavy atom. The van der Waals surface area contributed by atoms with Crippen molar-refractivity contribution in [3.8, 4) is 0 Å². The first kappa shape index (κ1) is 21.5. The molecule has 2 rings (SSSR count). The maximum absolute atomic E-state index is 13.6. The van der Waals surface area contributed by atoms with Gasteiger partial charge in [0.2, 0.25) is 0 Å². The Bertz CT molecular complexity index is 890. The van der Waals surface area contributed by atoms with E-state index in [1.54, 1.807) is 6.92 Å². The predicted molar refractivity (Wildman–Crippen MR) is 99.7 cm³/mol. The van der Waals surface area contributed by atoms with Crippen LogP contribution in [0.3, 0.4) is 0 Å². The van der Waals surface area contributed by atoms with Gasteiger partial charge in [-0.3, -0.25) is 4.79 Å². The molecule has 1 amide bonds. The van der Waals surface area contributed by atoms with Crippen LogP contribution in [-0.2, 0) is 20.7 Å². The summed E-state index contributed by atoms with van der Waals surface area (Å²) in [7, 11) is 0. The van der Waals surface area contributed by atoms with Gasteiger partial charge in [0, 0.05) is 4.88 Å². The van der Waals surface area contributed by atoms with E-state index < -0.39 is 41.7 Å². The molecule has 0 unspecified atom stereocenters. The van der Waals surface area contributed by atoms with Crippen molar-refractivity contribution in [1.82, 2.24) is 0 Å². The van der Waals surface area contributed by atoms with E-state index in [1.807, 2.05) is 13.8 Å². The van der Waals surface area contributed by atoms with E-state index in [-0.39, 0.29) is 17.2 Å². The van der Waals surface area contributed by atoms with Gasteiger partial charge in [-0.15, -0.1) is 11.3 Å². The van der Waals surface area contributed by atoms with Gasteiger partial charge in [0.1, 0.15) is 22.2 Å². The molecule has 0 aliphatic heterocycles. The summed E-state index contributed by atoms with van der Waals surface area (Å²) in [6.45, 7) is 4.75. The number of amides is 1. The lowest BCUT2D eigenvalue weighted by molar-refractivity contribution is -0.119. The minimum atomic E-state index is -1.30. The molecule has 1 N–H and O–H groups in total. The monoisotopic (exact) mass is 411 g/mol. The van der Waals surface area contributed by atoms with Crippen LogP contribution in [0.1, 0.15) is 45.0 Å². The summed E-state index contributed by atoms with van der Waals surface area (Å²) in [6.07, 6.45) is 0.563. The van der Waals surface area contributed by atoms with E-state index in [0.717, 1.165) is 28.6 Å². The highest BCUT2D eigenvalue weighted by Crippen LogP contribution is 2.34. The Morgan fingerprint density at radius 2 is 1.64 bits per heavy atom. The fourth-order valence-corrected chi connectivity index (χ4v) is 3.72. The molecule has 0 bridgehead atoms. The maximum atomic E-state index is 13.6. The van der Waals surface area contributed by atoms with Crippen molar-refractivity contribution in [2.45, 2.75) is 27.2 Å². The van der Waals surface area contributed by atoms with Gasteiger partial charge in [-0.1, -0.05) is 13.0 Å². The molecule has 1 aromatic heterocycles. The van der Waals surface area contributed by atoms with Gasteiger partial charge in [0.15, 0.2) is 6.61 Å².